The van der Waals surface area contributed by atoms with Crippen LogP contribution in [-0.2, 0) is 20.7 Å². The summed E-state index contributed by atoms with van der Waals surface area (Å²) in [5.41, 5.74) is 0.943. The highest BCUT2D eigenvalue weighted by atomic mass is 32.1. The van der Waals surface area contributed by atoms with Gasteiger partial charge in [0.05, 0.1) is 27.3 Å². The number of esters is 1. The van der Waals surface area contributed by atoms with E-state index < -0.39 is 25.1 Å². The number of para-hydroxylation sites is 3. The highest BCUT2D eigenvalue weighted by molar-refractivity contribution is 7.18. The lowest BCUT2D eigenvalue weighted by molar-refractivity contribution is -0.147. The molecule has 0 atom stereocenters. The van der Waals surface area contributed by atoms with Gasteiger partial charge in [-0.1, -0.05) is 24.3 Å². The number of carbonyl (C=O) groups is 2. The zero-order chi connectivity index (χ0) is 19.9. The maximum Gasteiger partial charge on any atom is 0.387 e. The van der Waals surface area contributed by atoms with Crippen molar-refractivity contribution in [3.05, 3.63) is 53.5 Å². The fourth-order valence-corrected chi connectivity index (χ4v) is 3.38. The van der Waals surface area contributed by atoms with Crippen LogP contribution < -0.4 is 10.1 Å². The largest absolute Gasteiger partial charge is 0.456 e. The predicted octanol–water partition coefficient (Wildman–Crippen LogP) is 4.01. The van der Waals surface area contributed by atoms with Gasteiger partial charge in [0.2, 0.25) is 0 Å². The molecule has 0 unspecified atom stereocenters. The molecule has 0 aliphatic rings. The zero-order valence-electron chi connectivity index (χ0n) is 14.6. The van der Waals surface area contributed by atoms with Crippen molar-refractivity contribution < 1.29 is 27.8 Å². The van der Waals surface area contributed by atoms with E-state index in [9.17, 15) is 18.4 Å². The quantitative estimate of drug-likeness (QED) is 0.572. The van der Waals surface area contributed by atoms with Gasteiger partial charge >= 0.3 is 12.6 Å². The van der Waals surface area contributed by atoms with Crippen LogP contribution in [-0.4, -0.2) is 30.1 Å². The van der Waals surface area contributed by atoms with Crippen LogP contribution in [0.3, 0.4) is 0 Å². The summed E-state index contributed by atoms with van der Waals surface area (Å²) >= 11 is 1.50. The Bertz CT molecular complexity index is 944. The number of nitrogens with zero attached hydrogens (tertiary/aromatic N) is 1. The van der Waals surface area contributed by atoms with Crippen molar-refractivity contribution >= 4 is 39.1 Å². The van der Waals surface area contributed by atoms with E-state index in [-0.39, 0.29) is 17.9 Å². The maximum absolute atomic E-state index is 12.4. The first-order valence-electron chi connectivity index (χ1n) is 8.35. The molecule has 28 heavy (non-hydrogen) atoms. The number of hydrogen-bond acceptors (Lipinski definition) is 6. The normalized spacial score (nSPS) is 10.8. The van der Waals surface area contributed by atoms with Gasteiger partial charge in [0.15, 0.2) is 6.61 Å². The lowest BCUT2D eigenvalue weighted by Crippen LogP contribution is -2.21. The number of fused-ring (bicyclic) bond motifs is 1. The van der Waals surface area contributed by atoms with Crippen molar-refractivity contribution in [2.24, 2.45) is 0 Å². The Labute approximate surface area is 163 Å². The van der Waals surface area contributed by atoms with Gasteiger partial charge in [-0.25, -0.2) is 4.98 Å². The summed E-state index contributed by atoms with van der Waals surface area (Å²) in [6, 6.07) is 13.4. The number of nitrogens with one attached hydrogen (secondary N) is 1. The number of hydrogen-bond donors (Lipinski definition) is 1. The first-order valence-corrected chi connectivity index (χ1v) is 9.16. The van der Waals surface area contributed by atoms with Crippen molar-refractivity contribution in [2.45, 2.75) is 19.5 Å². The highest BCUT2D eigenvalue weighted by Gasteiger charge is 2.14. The standard InChI is InChI=1S/C19H16F2N2O4S/c20-19(21)27-14-7-3-1-5-12(14)22-16(24)11-26-18(25)10-9-17-23-13-6-2-4-8-15(13)28-17/h1-8,19H,9-11H2,(H,22,24). The number of ether oxygens (including phenoxy) is 2. The molecule has 0 spiro atoms. The molecule has 2 aromatic carbocycles. The van der Waals surface area contributed by atoms with E-state index in [2.05, 4.69) is 15.0 Å². The van der Waals surface area contributed by atoms with E-state index in [1.165, 1.54) is 29.5 Å². The van der Waals surface area contributed by atoms with Gasteiger partial charge in [-0.2, -0.15) is 8.78 Å². The van der Waals surface area contributed by atoms with Crippen LogP contribution in [0.15, 0.2) is 48.5 Å². The molecule has 0 saturated heterocycles. The molecule has 0 fully saturated rings. The second kappa shape index (κ2) is 9.23. The maximum atomic E-state index is 12.4. The lowest BCUT2D eigenvalue weighted by atomic mass is 10.3. The van der Waals surface area contributed by atoms with Crippen molar-refractivity contribution in [2.75, 3.05) is 11.9 Å². The Balaban J connectivity index is 1.46. The van der Waals surface area contributed by atoms with Gasteiger partial charge in [0, 0.05) is 6.42 Å². The summed E-state index contributed by atoms with van der Waals surface area (Å²) in [7, 11) is 0. The lowest BCUT2D eigenvalue weighted by Gasteiger charge is -2.11. The number of rotatable bonds is 8. The molecule has 1 heterocycles. The predicted molar refractivity (Wildman–Crippen MR) is 101 cm³/mol. The molecular weight excluding hydrogens is 390 g/mol. The third-order valence-electron chi connectivity index (χ3n) is 3.62. The monoisotopic (exact) mass is 406 g/mol. The average Bonchev–Trinajstić information content (AvgIpc) is 3.09. The summed E-state index contributed by atoms with van der Waals surface area (Å²) in [4.78, 5) is 28.2. The second-order valence-electron chi connectivity index (χ2n) is 5.66. The fourth-order valence-electron chi connectivity index (χ4n) is 2.41. The molecule has 1 N–H and O–H groups in total. The first-order chi connectivity index (χ1) is 13.5. The van der Waals surface area contributed by atoms with E-state index in [0.29, 0.717) is 6.42 Å². The third-order valence-corrected chi connectivity index (χ3v) is 4.72. The highest BCUT2D eigenvalue weighted by Crippen LogP contribution is 2.25. The van der Waals surface area contributed by atoms with Crippen LogP contribution in [0.4, 0.5) is 14.5 Å². The molecule has 0 bridgehead atoms. The minimum Gasteiger partial charge on any atom is -0.456 e. The Kier molecular flexibility index (Phi) is 6.49. The van der Waals surface area contributed by atoms with Crippen LogP contribution in [0.5, 0.6) is 5.75 Å². The van der Waals surface area contributed by atoms with E-state index in [4.69, 9.17) is 4.74 Å². The molecular formula is C19H16F2N2O4S. The number of benzene rings is 2. The molecule has 0 aliphatic carbocycles. The van der Waals surface area contributed by atoms with E-state index in [0.717, 1.165) is 15.2 Å². The number of aryl methyl sites for hydroxylation is 1. The van der Waals surface area contributed by atoms with E-state index in [1.54, 1.807) is 6.07 Å². The molecule has 1 amide bonds. The number of thiazole rings is 1. The van der Waals surface area contributed by atoms with Gasteiger partial charge in [0.25, 0.3) is 5.91 Å². The van der Waals surface area contributed by atoms with Crippen LogP contribution >= 0.6 is 11.3 Å². The molecule has 6 nitrogen and oxygen atoms in total. The van der Waals surface area contributed by atoms with E-state index >= 15 is 0 Å². The Morgan fingerprint density at radius 3 is 2.64 bits per heavy atom. The van der Waals surface area contributed by atoms with Crippen molar-refractivity contribution in [3.8, 4) is 5.75 Å². The minimum atomic E-state index is -3.02. The molecule has 0 aliphatic heterocycles. The Morgan fingerprint density at radius 2 is 1.86 bits per heavy atom. The van der Waals surface area contributed by atoms with Gasteiger partial charge in [-0.05, 0) is 24.3 Å². The molecule has 3 aromatic rings. The summed E-state index contributed by atoms with van der Waals surface area (Å²) < 4.78 is 35.0. The molecule has 0 saturated carbocycles. The summed E-state index contributed by atoms with van der Waals surface area (Å²) in [5.74, 6) is -1.38. The fraction of sp³-hybridized carbons (Fsp3) is 0.211. The van der Waals surface area contributed by atoms with Crippen molar-refractivity contribution in [1.82, 2.24) is 4.98 Å². The second-order valence-corrected chi connectivity index (χ2v) is 6.77. The van der Waals surface area contributed by atoms with Crippen LogP contribution in [0.1, 0.15) is 11.4 Å². The Hall–Kier alpha value is -3.07. The van der Waals surface area contributed by atoms with E-state index in [1.807, 2.05) is 24.3 Å². The summed E-state index contributed by atoms with van der Waals surface area (Å²) in [5, 5.41) is 3.18. The molecule has 1 aromatic heterocycles. The number of carbonyl (C=O) groups excluding carboxylic acids is 2. The number of aromatic nitrogens is 1. The number of halogens is 2. The van der Waals surface area contributed by atoms with Crippen LogP contribution in [0.25, 0.3) is 10.2 Å². The minimum absolute atomic E-state index is 0.0679. The average molecular weight is 406 g/mol. The Morgan fingerprint density at radius 1 is 1.11 bits per heavy atom. The zero-order valence-corrected chi connectivity index (χ0v) is 15.4. The van der Waals surface area contributed by atoms with Gasteiger partial charge in [-0.3, -0.25) is 9.59 Å². The van der Waals surface area contributed by atoms with Gasteiger partial charge < -0.3 is 14.8 Å². The molecule has 0 radical (unpaired) electrons. The molecule has 3 rings (SSSR count). The number of amides is 1. The van der Waals surface area contributed by atoms with Crippen LogP contribution in [0, 0.1) is 0 Å². The van der Waals surface area contributed by atoms with Crippen LogP contribution in [0.2, 0.25) is 0 Å². The summed E-state index contributed by atoms with van der Waals surface area (Å²) in [6.45, 7) is -3.54. The van der Waals surface area contributed by atoms with Crippen molar-refractivity contribution in [1.29, 1.82) is 0 Å². The third kappa shape index (κ3) is 5.46. The molecule has 9 heteroatoms. The van der Waals surface area contributed by atoms with Gasteiger partial charge in [-0.15, -0.1) is 11.3 Å². The molecule has 146 valence electrons. The SMILES string of the molecule is O=C(COC(=O)CCc1nc2ccccc2s1)Nc1ccccc1OC(F)F. The number of anilines is 1. The first kappa shape index (κ1) is 19.7. The van der Waals surface area contributed by atoms with Gasteiger partial charge in [0.1, 0.15) is 5.75 Å². The number of alkyl halides is 2. The summed E-state index contributed by atoms with van der Waals surface area (Å²) in [6.07, 6.45) is 0.489. The smallest absolute Gasteiger partial charge is 0.387 e. The topological polar surface area (TPSA) is 77.5 Å². The van der Waals surface area contributed by atoms with Crippen molar-refractivity contribution in [3.63, 3.8) is 0 Å².